The molecule has 2 aromatic rings. The summed E-state index contributed by atoms with van der Waals surface area (Å²) < 4.78 is 5.27. The summed E-state index contributed by atoms with van der Waals surface area (Å²) in [5.41, 5.74) is 2.33. The van der Waals surface area contributed by atoms with Gasteiger partial charge in [-0.1, -0.05) is 29.8 Å². The molecule has 29 heavy (non-hydrogen) atoms. The zero-order valence-corrected chi connectivity index (χ0v) is 17.7. The third-order valence-electron chi connectivity index (χ3n) is 5.40. The first-order chi connectivity index (χ1) is 14.0. The normalized spacial score (nSPS) is 16.4. The van der Waals surface area contributed by atoms with E-state index < -0.39 is 0 Å². The van der Waals surface area contributed by atoms with E-state index in [2.05, 4.69) is 5.32 Å². The molecule has 2 aromatic carbocycles. The van der Waals surface area contributed by atoms with Crippen molar-refractivity contribution in [2.24, 2.45) is 5.92 Å². The lowest BCUT2D eigenvalue weighted by Gasteiger charge is -2.33. The van der Waals surface area contributed by atoms with E-state index in [1.54, 1.807) is 25.3 Å². The minimum Gasteiger partial charge on any atom is -0.495 e. The monoisotopic (exact) mass is 414 g/mol. The van der Waals surface area contributed by atoms with Crippen LogP contribution in [0.1, 0.15) is 41.6 Å². The number of likely N-dealkylation sites (tertiary alicyclic amines) is 1. The van der Waals surface area contributed by atoms with Gasteiger partial charge in [0, 0.05) is 30.1 Å². The molecule has 0 saturated carbocycles. The van der Waals surface area contributed by atoms with Gasteiger partial charge in [-0.2, -0.15) is 0 Å². The van der Waals surface area contributed by atoms with Crippen molar-refractivity contribution < 1.29 is 14.3 Å². The molecule has 2 amide bonds. The lowest BCUT2D eigenvalue weighted by Crippen LogP contribution is -2.40. The zero-order valence-electron chi connectivity index (χ0n) is 16.9. The van der Waals surface area contributed by atoms with Crippen LogP contribution < -0.4 is 10.1 Å². The van der Waals surface area contributed by atoms with E-state index in [-0.39, 0.29) is 11.8 Å². The number of methoxy groups -OCH3 is 1. The quantitative estimate of drug-likeness (QED) is 0.729. The van der Waals surface area contributed by atoms with Crippen LogP contribution in [0.5, 0.6) is 5.75 Å². The minimum atomic E-state index is -0.0760. The summed E-state index contributed by atoms with van der Waals surface area (Å²) in [6.07, 6.45) is 3.14. The molecule has 0 aromatic heterocycles. The predicted molar refractivity (Wildman–Crippen MR) is 116 cm³/mol. The van der Waals surface area contributed by atoms with Crippen LogP contribution in [0.4, 0.5) is 5.69 Å². The number of aryl methyl sites for hydroxylation is 1. The number of nitrogens with one attached hydrogen (secondary N) is 1. The van der Waals surface area contributed by atoms with Gasteiger partial charge in [-0.05, 0) is 61.9 Å². The highest BCUT2D eigenvalue weighted by molar-refractivity contribution is 6.31. The Kier molecular flexibility index (Phi) is 7.15. The molecular formula is C23H27ClN2O3. The van der Waals surface area contributed by atoms with Gasteiger partial charge >= 0.3 is 0 Å². The van der Waals surface area contributed by atoms with Crippen LogP contribution >= 0.6 is 11.6 Å². The number of carbonyl (C=O) groups is 2. The van der Waals surface area contributed by atoms with Gasteiger partial charge in [0.15, 0.2) is 0 Å². The number of amides is 2. The molecule has 0 bridgehead atoms. The highest BCUT2D eigenvalue weighted by atomic mass is 35.5. The fraction of sp³-hybridized carbons (Fsp3) is 0.391. The van der Waals surface area contributed by atoms with Gasteiger partial charge in [0.05, 0.1) is 12.8 Å². The lowest BCUT2D eigenvalue weighted by atomic mass is 9.92. The largest absolute Gasteiger partial charge is 0.495 e. The van der Waals surface area contributed by atoms with Gasteiger partial charge in [0.1, 0.15) is 5.75 Å². The van der Waals surface area contributed by atoms with Crippen LogP contribution in [-0.2, 0) is 4.79 Å². The molecule has 1 fully saturated rings. The molecular weight excluding hydrogens is 388 g/mol. The van der Waals surface area contributed by atoms with Crippen molar-refractivity contribution in [3.8, 4) is 5.75 Å². The minimum absolute atomic E-state index is 0.0760. The fourth-order valence-corrected chi connectivity index (χ4v) is 3.97. The first-order valence-electron chi connectivity index (χ1n) is 9.96. The SMILES string of the molecule is COc1ccc(Cl)cc1NC(=O)CC[C@H]1CCCN(C(=O)c2ccccc2C)C1. The molecule has 1 aliphatic rings. The van der Waals surface area contributed by atoms with E-state index in [4.69, 9.17) is 16.3 Å². The number of nitrogens with zero attached hydrogens (tertiary/aromatic N) is 1. The topological polar surface area (TPSA) is 58.6 Å². The Labute approximate surface area is 177 Å². The lowest BCUT2D eigenvalue weighted by molar-refractivity contribution is -0.116. The van der Waals surface area contributed by atoms with Crippen molar-refractivity contribution in [3.63, 3.8) is 0 Å². The average Bonchev–Trinajstić information content (AvgIpc) is 2.72. The van der Waals surface area contributed by atoms with Gasteiger partial charge in [-0.25, -0.2) is 0 Å². The molecule has 5 nitrogen and oxygen atoms in total. The number of halogens is 1. The van der Waals surface area contributed by atoms with Gasteiger partial charge in [0.25, 0.3) is 5.91 Å². The Morgan fingerprint density at radius 2 is 2.03 bits per heavy atom. The maximum Gasteiger partial charge on any atom is 0.254 e. The van der Waals surface area contributed by atoms with E-state index in [0.29, 0.717) is 35.3 Å². The van der Waals surface area contributed by atoms with Gasteiger partial charge in [-0.3, -0.25) is 9.59 Å². The first kappa shape index (κ1) is 21.2. The molecule has 1 atom stereocenters. The van der Waals surface area contributed by atoms with Crippen LogP contribution in [0.2, 0.25) is 5.02 Å². The van der Waals surface area contributed by atoms with Crippen molar-refractivity contribution in [3.05, 3.63) is 58.6 Å². The number of ether oxygens (including phenoxy) is 1. The number of carbonyl (C=O) groups excluding carboxylic acids is 2. The molecule has 3 rings (SSSR count). The fourth-order valence-electron chi connectivity index (χ4n) is 3.79. The highest BCUT2D eigenvalue weighted by Gasteiger charge is 2.25. The number of benzene rings is 2. The summed E-state index contributed by atoms with van der Waals surface area (Å²) in [6.45, 7) is 3.43. The van der Waals surface area contributed by atoms with Crippen molar-refractivity contribution >= 4 is 29.1 Å². The Hall–Kier alpha value is -2.53. The van der Waals surface area contributed by atoms with E-state index >= 15 is 0 Å². The van der Waals surface area contributed by atoms with Gasteiger partial charge in [0.2, 0.25) is 5.91 Å². The summed E-state index contributed by atoms with van der Waals surface area (Å²) in [6, 6.07) is 12.8. The second-order valence-electron chi connectivity index (χ2n) is 7.51. The summed E-state index contributed by atoms with van der Waals surface area (Å²) >= 11 is 6.02. The molecule has 1 N–H and O–H groups in total. The van der Waals surface area contributed by atoms with Crippen LogP contribution in [0.3, 0.4) is 0 Å². The maximum atomic E-state index is 12.9. The average molecular weight is 415 g/mol. The molecule has 154 valence electrons. The second kappa shape index (κ2) is 9.79. The van der Waals surface area contributed by atoms with Crippen molar-refractivity contribution in [1.29, 1.82) is 0 Å². The first-order valence-corrected chi connectivity index (χ1v) is 10.3. The number of rotatable bonds is 6. The number of piperidine rings is 1. The maximum absolute atomic E-state index is 12.9. The number of anilines is 1. The third kappa shape index (κ3) is 5.51. The molecule has 0 spiro atoms. The Morgan fingerprint density at radius 3 is 2.79 bits per heavy atom. The summed E-state index contributed by atoms with van der Waals surface area (Å²) in [7, 11) is 1.56. The standard InChI is InChI=1S/C23H27ClN2O3/c1-16-6-3-4-8-19(16)23(28)26-13-5-7-17(15-26)9-12-22(27)25-20-14-18(24)10-11-21(20)29-2/h3-4,6,8,10-11,14,17H,5,7,9,12-13,15H2,1-2H3,(H,25,27)/t17-/m1/s1. The Balaban J connectivity index is 1.54. The van der Waals surface area contributed by atoms with Gasteiger partial charge < -0.3 is 15.0 Å². The summed E-state index contributed by atoms with van der Waals surface area (Å²) in [5, 5.41) is 3.42. The molecule has 1 heterocycles. The number of hydrogen-bond donors (Lipinski definition) is 1. The Bertz CT molecular complexity index is 884. The zero-order chi connectivity index (χ0) is 20.8. The predicted octanol–water partition coefficient (Wildman–Crippen LogP) is 4.93. The summed E-state index contributed by atoms with van der Waals surface area (Å²) in [5.74, 6) is 0.910. The van der Waals surface area contributed by atoms with E-state index in [9.17, 15) is 9.59 Å². The molecule has 0 unspecified atom stereocenters. The van der Waals surface area contributed by atoms with Gasteiger partial charge in [-0.15, -0.1) is 0 Å². The molecule has 1 aliphatic heterocycles. The third-order valence-corrected chi connectivity index (χ3v) is 5.63. The Morgan fingerprint density at radius 1 is 1.24 bits per heavy atom. The van der Waals surface area contributed by atoms with Crippen LogP contribution in [0.25, 0.3) is 0 Å². The molecule has 0 aliphatic carbocycles. The van der Waals surface area contributed by atoms with Crippen LogP contribution in [0.15, 0.2) is 42.5 Å². The molecule has 1 saturated heterocycles. The van der Waals surface area contributed by atoms with E-state index in [1.165, 1.54) is 0 Å². The van der Waals surface area contributed by atoms with Crippen molar-refractivity contribution in [2.45, 2.75) is 32.6 Å². The van der Waals surface area contributed by atoms with E-state index in [1.807, 2.05) is 36.1 Å². The molecule has 6 heteroatoms. The second-order valence-corrected chi connectivity index (χ2v) is 7.94. The van der Waals surface area contributed by atoms with Crippen LogP contribution in [0, 0.1) is 12.8 Å². The summed E-state index contributed by atoms with van der Waals surface area (Å²) in [4.78, 5) is 27.2. The molecule has 0 radical (unpaired) electrons. The van der Waals surface area contributed by atoms with E-state index in [0.717, 1.165) is 36.9 Å². The van der Waals surface area contributed by atoms with Crippen LogP contribution in [-0.4, -0.2) is 36.9 Å². The van der Waals surface area contributed by atoms with Crippen molar-refractivity contribution in [2.75, 3.05) is 25.5 Å². The van der Waals surface area contributed by atoms with Crippen molar-refractivity contribution in [1.82, 2.24) is 4.90 Å². The smallest absolute Gasteiger partial charge is 0.254 e. The number of hydrogen-bond acceptors (Lipinski definition) is 3. The highest BCUT2D eigenvalue weighted by Crippen LogP contribution is 2.28.